The highest BCUT2D eigenvalue weighted by molar-refractivity contribution is 5.97. The summed E-state index contributed by atoms with van der Waals surface area (Å²) in [5.41, 5.74) is 6.61. The van der Waals surface area contributed by atoms with E-state index in [4.69, 9.17) is 10.2 Å². The minimum Gasteiger partial charge on any atom is -0.466 e. The number of nitrogens with two attached hydrogens (primary N) is 1. The molecule has 1 atom stereocenters. The van der Waals surface area contributed by atoms with Crippen molar-refractivity contribution < 1.29 is 18.8 Å². The van der Waals surface area contributed by atoms with Crippen molar-refractivity contribution in [1.29, 1.82) is 0 Å². The van der Waals surface area contributed by atoms with Crippen molar-refractivity contribution in [3.8, 4) is 0 Å². The molecule has 0 aliphatic carbocycles. The average molecular weight is 392 g/mol. The number of primary amides is 1. The van der Waals surface area contributed by atoms with Crippen molar-refractivity contribution in [3.63, 3.8) is 0 Å². The molecule has 2 rings (SSSR count). The molecule has 156 valence electrons. The van der Waals surface area contributed by atoms with Crippen molar-refractivity contribution >= 4 is 17.7 Å². The van der Waals surface area contributed by atoms with Crippen molar-refractivity contribution in [1.82, 2.24) is 10.2 Å². The molecule has 3 amide bonds. The summed E-state index contributed by atoms with van der Waals surface area (Å²) >= 11 is 0. The van der Waals surface area contributed by atoms with Gasteiger partial charge in [-0.1, -0.05) is 12.8 Å². The highest BCUT2D eigenvalue weighted by atomic mass is 16.3. The largest absolute Gasteiger partial charge is 0.466 e. The van der Waals surface area contributed by atoms with Gasteiger partial charge in [-0.05, 0) is 46.5 Å². The van der Waals surface area contributed by atoms with Gasteiger partial charge in [-0.15, -0.1) is 0 Å². The number of hydrogen-bond acceptors (Lipinski definition) is 4. The summed E-state index contributed by atoms with van der Waals surface area (Å²) in [6.45, 7) is 6.78. The van der Waals surface area contributed by atoms with Gasteiger partial charge in [0.15, 0.2) is 0 Å². The van der Waals surface area contributed by atoms with Crippen LogP contribution < -0.4 is 11.1 Å². The Morgan fingerprint density at radius 1 is 1.07 bits per heavy atom. The molecule has 3 N–H and O–H groups in total. The van der Waals surface area contributed by atoms with Crippen LogP contribution in [-0.2, 0) is 9.59 Å². The average Bonchev–Trinajstić information content (AvgIpc) is 2.85. The van der Waals surface area contributed by atoms with Crippen molar-refractivity contribution in [3.05, 3.63) is 22.6 Å². The molecule has 1 fully saturated rings. The Morgan fingerprint density at radius 2 is 1.79 bits per heavy atom. The van der Waals surface area contributed by atoms with Gasteiger partial charge in [-0.3, -0.25) is 14.4 Å². The Balaban J connectivity index is 1.96. The Labute approximate surface area is 167 Å². The topological polar surface area (TPSA) is 106 Å². The summed E-state index contributed by atoms with van der Waals surface area (Å²) in [6.07, 6.45) is 5.92. The number of unbranched alkanes of at least 4 members (excludes halogenated alkanes) is 1. The minimum absolute atomic E-state index is 0.0728. The van der Waals surface area contributed by atoms with Gasteiger partial charge in [0.05, 0.1) is 5.56 Å². The lowest BCUT2D eigenvalue weighted by molar-refractivity contribution is -0.132. The van der Waals surface area contributed by atoms with Crippen LogP contribution in [0.25, 0.3) is 0 Å². The normalized spacial score (nSPS) is 17.7. The van der Waals surface area contributed by atoms with Crippen LogP contribution in [0.2, 0.25) is 0 Å². The Morgan fingerprint density at radius 3 is 2.43 bits per heavy atom. The molecule has 0 radical (unpaired) electrons. The smallest absolute Gasteiger partial charge is 0.255 e. The molecule has 1 aliphatic rings. The molecule has 0 spiro atoms. The maximum Gasteiger partial charge on any atom is 0.255 e. The molecule has 1 saturated heterocycles. The first-order valence-electron chi connectivity index (χ1n) is 10.2. The number of amides is 3. The van der Waals surface area contributed by atoms with Crippen LogP contribution in [0.5, 0.6) is 0 Å². The number of rotatable bonds is 7. The van der Waals surface area contributed by atoms with Gasteiger partial charge in [0.2, 0.25) is 11.8 Å². The molecule has 0 bridgehead atoms. The van der Waals surface area contributed by atoms with Crippen LogP contribution in [0.1, 0.15) is 78.8 Å². The van der Waals surface area contributed by atoms with Gasteiger partial charge in [0, 0.05) is 37.5 Å². The van der Waals surface area contributed by atoms with Crippen LogP contribution in [0, 0.1) is 20.8 Å². The standard InChI is InChI=1S/C21H33N3O4/c1-14-15(2)28-16(3)20(14)21(27)23-17-9-5-4-8-12-24(13-17)19(26)11-7-6-10-18(22)25/h17H,4-13H2,1-3H3,(H2,22,25)(H,23,27). The van der Waals surface area contributed by atoms with Crippen LogP contribution in [-0.4, -0.2) is 41.8 Å². The first-order chi connectivity index (χ1) is 13.3. The van der Waals surface area contributed by atoms with Crippen LogP contribution >= 0.6 is 0 Å². The second kappa shape index (κ2) is 10.3. The predicted molar refractivity (Wildman–Crippen MR) is 107 cm³/mol. The minimum atomic E-state index is -0.332. The lowest BCUT2D eigenvalue weighted by atomic mass is 10.0. The summed E-state index contributed by atoms with van der Waals surface area (Å²) in [7, 11) is 0. The number of hydrogen-bond donors (Lipinski definition) is 2. The van der Waals surface area contributed by atoms with Gasteiger partial charge >= 0.3 is 0 Å². The first kappa shape index (κ1) is 22.0. The summed E-state index contributed by atoms with van der Waals surface area (Å²) in [6, 6.07) is -0.0728. The zero-order valence-corrected chi connectivity index (χ0v) is 17.3. The summed E-state index contributed by atoms with van der Waals surface area (Å²) in [5, 5.41) is 3.11. The summed E-state index contributed by atoms with van der Waals surface area (Å²) in [5.74, 6) is 0.999. The van der Waals surface area contributed by atoms with E-state index in [2.05, 4.69) is 5.32 Å². The molecule has 7 nitrogen and oxygen atoms in total. The molecule has 2 heterocycles. The van der Waals surface area contributed by atoms with E-state index in [1.165, 1.54) is 0 Å². The van der Waals surface area contributed by atoms with Crippen molar-refractivity contribution in [2.45, 2.75) is 78.2 Å². The number of likely N-dealkylation sites (tertiary alicyclic amines) is 1. The van der Waals surface area contributed by atoms with E-state index in [-0.39, 0.29) is 23.8 Å². The first-order valence-corrected chi connectivity index (χ1v) is 10.2. The third-order valence-electron chi connectivity index (χ3n) is 5.46. The predicted octanol–water partition coefficient (Wildman–Crippen LogP) is 2.75. The Kier molecular flexibility index (Phi) is 8.08. The fourth-order valence-corrected chi connectivity index (χ4v) is 3.78. The quantitative estimate of drug-likeness (QED) is 0.697. The SMILES string of the molecule is Cc1oc(C)c(C(=O)NC2CCCCCN(C(=O)CCCCC(N)=O)C2)c1C. The highest BCUT2D eigenvalue weighted by Crippen LogP contribution is 2.21. The second-order valence-corrected chi connectivity index (χ2v) is 7.75. The highest BCUT2D eigenvalue weighted by Gasteiger charge is 2.25. The lowest BCUT2D eigenvalue weighted by Crippen LogP contribution is -2.47. The molecule has 1 unspecified atom stereocenters. The third-order valence-corrected chi connectivity index (χ3v) is 5.46. The molecule has 1 aromatic rings. The van der Waals surface area contributed by atoms with Crippen molar-refractivity contribution in [2.75, 3.05) is 13.1 Å². The maximum absolute atomic E-state index is 12.8. The van der Waals surface area contributed by atoms with Gasteiger partial charge in [0.25, 0.3) is 5.91 Å². The van der Waals surface area contributed by atoms with E-state index in [0.29, 0.717) is 50.1 Å². The fraction of sp³-hybridized carbons (Fsp3) is 0.667. The third kappa shape index (κ3) is 6.11. The lowest BCUT2D eigenvalue weighted by Gasteiger charge is -2.30. The Bertz CT molecular complexity index is 711. The summed E-state index contributed by atoms with van der Waals surface area (Å²) < 4.78 is 5.57. The zero-order valence-electron chi connectivity index (χ0n) is 17.3. The molecule has 1 aromatic heterocycles. The molecule has 0 saturated carbocycles. The maximum atomic E-state index is 12.8. The number of nitrogens with zero attached hydrogens (tertiary/aromatic N) is 1. The fourth-order valence-electron chi connectivity index (χ4n) is 3.78. The number of furan rings is 1. The van der Waals surface area contributed by atoms with E-state index in [1.807, 2.05) is 18.7 Å². The number of aryl methyl sites for hydroxylation is 2. The van der Waals surface area contributed by atoms with Gasteiger partial charge in [-0.2, -0.15) is 0 Å². The number of carbonyl (C=O) groups is 3. The zero-order chi connectivity index (χ0) is 20.7. The van der Waals surface area contributed by atoms with Crippen LogP contribution in [0.3, 0.4) is 0 Å². The van der Waals surface area contributed by atoms with E-state index in [9.17, 15) is 14.4 Å². The Hall–Kier alpha value is -2.31. The number of nitrogens with one attached hydrogen (secondary N) is 1. The van der Waals surface area contributed by atoms with Gasteiger partial charge < -0.3 is 20.4 Å². The number of carbonyl (C=O) groups excluding carboxylic acids is 3. The second-order valence-electron chi connectivity index (χ2n) is 7.75. The van der Waals surface area contributed by atoms with E-state index in [1.54, 1.807) is 6.92 Å². The van der Waals surface area contributed by atoms with Gasteiger partial charge in [-0.25, -0.2) is 0 Å². The molecular weight excluding hydrogens is 358 g/mol. The monoisotopic (exact) mass is 391 g/mol. The molecule has 0 aromatic carbocycles. The molecule has 28 heavy (non-hydrogen) atoms. The molecule has 7 heteroatoms. The van der Waals surface area contributed by atoms with Crippen LogP contribution in [0.15, 0.2) is 4.42 Å². The molecular formula is C21H33N3O4. The summed E-state index contributed by atoms with van der Waals surface area (Å²) in [4.78, 5) is 38.1. The van der Waals surface area contributed by atoms with E-state index >= 15 is 0 Å². The van der Waals surface area contributed by atoms with E-state index in [0.717, 1.165) is 37.0 Å². The van der Waals surface area contributed by atoms with Gasteiger partial charge in [0.1, 0.15) is 11.5 Å². The van der Waals surface area contributed by atoms with Crippen molar-refractivity contribution in [2.24, 2.45) is 5.73 Å². The van der Waals surface area contributed by atoms with E-state index < -0.39 is 0 Å². The van der Waals surface area contributed by atoms with Crippen LogP contribution in [0.4, 0.5) is 0 Å². The molecule has 1 aliphatic heterocycles.